The van der Waals surface area contributed by atoms with E-state index in [9.17, 15) is 13.6 Å². The maximum absolute atomic E-state index is 13.5. The van der Waals surface area contributed by atoms with Crippen LogP contribution in [0.5, 0.6) is 5.75 Å². The molecule has 0 saturated carbocycles. The molecule has 9 heteroatoms. The molecule has 0 unspecified atom stereocenters. The van der Waals surface area contributed by atoms with Crippen LogP contribution >= 0.6 is 11.8 Å². The van der Waals surface area contributed by atoms with E-state index in [1.165, 1.54) is 30.3 Å². The third-order valence-corrected chi connectivity index (χ3v) is 4.50. The van der Waals surface area contributed by atoms with Crippen molar-refractivity contribution >= 4 is 23.4 Å². The molecule has 146 valence electrons. The van der Waals surface area contributed by atoms with Gasteiger partial charge in [-0.1, -0.05) is 17.8 Å². The number of hydrogen-bond donors (Lipinski definition) is 1. The zero-order chi connectivity index (χ0) is 20.1. The largest absolute Gasteiger partial charge is 0.481 e. The minimum absolute atomic E-state index is 0.0182. The zero-order valence-corrected chi connectivity index (χ0v) is 15.9. The molecule has 3 aromatic rings. The average Bonchev–Trinajstić information content (AvgIpc) is 3.14. The van der Waals surface area contributed by atoms with E-state index in [-0.39, 0.29) is 34.4 Å². The predicted octanol–water partition coefficient (Wildman–Crippen LogP) is 4.53. The van der Waals surface area contributed by atoms with E-state index in [0.717, 1.165) is 11.8 Å². The first-order valence-electron chi connectivity index (χ1n) is 8.35. The summed E-state index contributed by atoms with van der Waals surface area (Å²) in [5.74, 6) is -0.364. The van der Waals surface area contributed by atoms with Crippen LogP contribution in [-0.4, -0.2) is 21.9 Å². The number of thioether (sulfide) groups is 1. The van der Waals surface area contributed by atoms with E-state index in [4.69, 9.17) is 9.15 Å². The van der Waals surface area contributed by atoms with Crippen LogP contribution in [0, 0.1) is 18.6 Å². The first-order valence-corrected chi connectivity index (χ1v) is 9.33. The molecule has 1 atom stereocenters. The highest BCUT2D eigenvalue weighted by Crippen LogP contribution is 2.24. The molecule has 0 fully saturated rings. The number of halogens is 2. The summed E-state index contributed by atoms with van der Waals surface area (Å²) in [7, 11) is 0. The summed E-state index contributed by atoms with van der Waals surface area (Å²) < 4.78 is 37.5. The Labute approximate surface area is 164 Å². The quantitative estimate of drug-likeness (QED) is 0.582. The number of anilines is 1. The first-order chi connectivity index (χ1) is 13.4. The van der Waals surface area contributed by atoms with Crippen LogP contribution in [0.2, 0.25) is 0 Å². The molecule has 0 radical (unpaired) electrons. The Morgan fingerprint density at radius 2 is 1.96 bits per heavy atom. The van der Waals surface area contributed by atoms with E-state index >= 15 is 0 Å². The molecule has 3 rings (SSSR count). The van der Waals surface area contributed by atoms with Gasteiger partial charge in [-0.25, -0.2) is 8.78 Å². The van der Waals surface area contributed by atoms with Gasteiger partial charge >= 0.3 is 0 Å². The minimum Gasteiger partial charge on any atom is -0.481 e. The molecule has 28 heavy (non-hydrogen) atoms. The van der Waals surface area contributed by atoms with E-state index in [2.05, 4.69) is 15.5 Å². The highest BCUT2D eigenvalue weighted by atomic mass is 32.2. The molecule has 0 spiro atoms. The summed E-state index contributed by atoms with van der Waals surface area (Å²) in [6.45, 7) is 3.36. The SMILES string of the molecule is Cc1ccc(NC(=O)CSc2nnc([C@H](C)Oc3ccc(F)cc3)o2)cc1F. The Balaban J connectivity index is 1.51. The minimum atomic E-state index is -0.545. The summed E-state index contributed by atoms with van der Waals surface area (Å²) in [5, 5.41) is 10.6. The molecule has 2 aromatic carbocycles. The maximum atomic E-state index is 13.5. The molecule has 0 aliphatic heterocycles. The lowest BCUT2D eigenvalue weighted by Gasteiger charge is -2.10. The van der Waals surface area contributed by atoms with E-state index in [0.29, 0.717) is 17.0 Å². The first kappa shape index (κ1) is 19.8. The Morgan fingerprint density at radius 1 is 1.21 bits per heavy atom. The van der Waals surface area contributed by atoms with Gasteiger partial charge in [0.2, 0.25) is 5.91 Å². The molecule has 1 amide bonds. The van der Waals surface area contributed by atoms with Gasteiger partial charge in [0, 0.05) is 5.69 Å². The number of carbonyl (C=O) groups excluding carboxylic acids is 1. The zero-order valence-electron chi connectivity index (χ0n) is 15.1. The standard InChI is InChI=1S/C19H17F2N3O3S/c1-11-3-6-14(9-16(11)21)22-17(25)10-28-19-24-23-18(27-19)12(2)26-15-7-4-13(20)5-8-15/h3-9,12H,10H2,1-2H3,(H,22,25)/t12-/m0/s1. The van der Waals surface area contributed by atoms with Gasteiger partial charge in [0.25, 0.3) is 11.1 Å². The average molecular weight is 405 g/mol. The number of nitrogens with one attached hydrogen (secondary N) is 1. The van der Waals surface area contributed by atoms with Gasteiger partial charge < -0.3 is 14.5 Å². The third kappa shape index (κ3) is 5.29. The number of amides is 1. The third-order valence-electron chi connectivity index (χ3n) is 3.68. The Bertz CT molecular complexity index is 963. The van der Waals surface area contributed by atoms with Gasteiger partial charge in [-0.05, 0) is 55.8 Å². The molecule has 1 aromatic heterocycles. The number of hydrogen-bond acceptors (Lipinski definition) is 6. The fourth-order valence-corrected chi connectivity index (χ4v) is 2.78. The van der Waals surface area contributed by atoms with E-state index < -0.39 is 6.10 Å². The molecule has 0 saturated heterocycles. The summed E-state index contributed by atoms with van der Waals surface area (Å²) >= 11 is 1.05. The number of rotatable bonds is 7. The van der Waals surface area contributed by atoms with Crippen molar-refractivity contribution in [3.8, 4) is 5.75 Å². The van der Waals surface area contributed by atoms with E-state index in [1.54, 1.807) is 26.0 Å². The van der Waals surface area contributed by atoms with Crippen molar-refractivity contribution in [2.24, 2.45) is 0 Å². The van der Waals surface area contributed by atoms with Gasteiger partial charge in [-0.3, -0.25) is 4.79 Å². The normalized spacial score (nSPS) is 11.9. The Hall–Kier alpha value is -2.94. The molecule has 0 aliphatic rings. The van der Waals surface area contributed by atoms with Crippen molar-refractivity contribution in [1.29, 1.82) is 0 Å². The second-order valence-corrected chi connectivity index (χ2v) is 6.85. The highest BCUT2D eigenvalue weighted by molar-refractivity contribution is 7.99. The lowest BCUT2D eigenvalue weighted by atomic mass is 10.2. The smallest absolute Gasteiger partial charge is 0.277 e. The summed E-state index contributed by atoms with van der Waals surface area (Å²) in [5.41, 5.74) is 0.879. The van der Waals surface area contributed by atoms with Gasteiger partial charge in [0.15, 0.2) is 6.10 Å². The molecular formula is C19H17F2N3O3S. The fourth-order valence-electron chi connectivity index (χ4n) is 2.21. The second kappa shape index (κ2) is 8.83. The van der Waals surface area contributed by atoms with Crippen molar-refractivity contribution in [2.75, 3.05) is 11.1 Å². The Morgan fingerprint density at radius 3 is 2.68 bits per heavy atom. The number of nitrogens with zero attached hydrogens (tertiary/aromatic N) is 2. The number of benzene rings is 2. The number of ether oxygens (including phenoxy) is 1. The fraction of sp³-hybridized carbons (Fsp3) is 0.211. The van der Waals surface area contributed by atoms with Crippen molar-refractivity contribution in [3.05, 3.63) is 65.6 Å². The molecule has 0 aliphatic carbocycles. The number of aryl methyl sites for hydroxylation is 1. The van der Waals surface area contributed by atoms with Crippen LogP contribution < -0.4 is 10.1 Å². The van der Waals surface area contributed by atoms with Crippen LogP contribution in [0.3, 0.4) is 0 Å². The van der Waals surface area contributed by atoms with Crippen LogP contribution in [0.15, 0.2) is 52.1 Å². The van der Waals surface area contributed by atoms with Crippen LogP contribution in [0.1, 0.15) is 24.5 Å². The topological polar surface area (TPSA) is 77.2 Å². The van der Waals surface area contributed by atoms with Crippen molar-refractivity contribution in [2.45, 2.75) is 25.2 Å². The van der Waals surface area contributed by atoms with Crippen molar-refractivity contribution in [3.63, 3.8) is 0 Å². The van der Waals surface area contributed by atoms with Crippen LogP contribution in [-0.2, 0) is 4.79 Å². The predicted molar refractivity (Wildman–Crippen MR) is 100 cm³/mol. The maximum Gasteiger partial charge on any atom is 0.277 e. The Kier molecular flexibility index (Phi) is 6.25. The molecule has 1 heterocycles. The van der Waals surface area contributed by atoms with Crippen LogP contribution in [0.4, 0.5) is 14.5 Å². The lowest BCUT2D eigenvalue weighted by molar-refractivity contribution is -0.113. The molecule has 0 bridgehead atoms. The molecular weight excluding hydrogens is 388 g/mol. The van der Waals surface area contributed by atoms with Crippen LogP contribution in [0.25, 0.3) is 0 Å². The van der Waals surface area contributed by atoms with Crippen molar-refractivity contribution in [1.82, 2.24) is 10.2 Å². The monoisotopic (exact) mass is 405 g/mol. The van der Waals surface area contributed by atoms with Gasteiger partial charge in [0.05, 0.1) is 5.75 Å². The number of aromatic nitrogens is 2. The van der Waals surface area contributed by atoms with E-state index in [1.807, 2.05) is 0 Å². The summed E-state index contributed by atoms with van der Waals surface area (Å²) in [6, 6.07) is 10.0. The molecule has 6 nitrogen and oxygen atoms in total. The second-order valence-electron chi connectivity index (χ2n) is 5.92. The molecule has 1 N–H and O–H groups in total. The summed E-state index contributed by atoms with van der Waals surface area (Å²) in [4.78, 5) is 12.0. The van der Waals surface area contributed by atoms with Gasteiger partial charge in [0.1, 0.15) is 17.4 Å². The van der Waals surface area contributed by atoms with Gasteiger partial charge in [-0.15, -0.1) is 10.2 Å². The summed E-state index contributed by atoms with van der Waals surface area (Å²) in [6.07, 6.45) is -0.545. The number of carbonyl (C=O) groups is 1. The van der Waals surface area contributed by atoms with Crippen molar-refractivity contribution < 1.29 is 22.7 Å². The highest BCUT2D eigenvalue weighted by Gasteiger charge is 2.17. The van der Waals surface area contributed by atoms with Gasteiger partial charge in [-0.2, -0.15) is 0 Å². The lowest BCUT2D eigenvalue weighted by Crippen LogP contribution is -2.14.